The van der Waals surface area contributed by atoms with E-state index in [0.29, 0.717) is 12.3 Å². The fourth-order valence-corrected chi connectivity index (χ4v) is 1.50. The van der Waals surface area contributed by atoms with E-state index in [1.807, 2.05) is 0 Å². The van der Waals surface area contributed by atoms with Gasteiger partial charge in [-0.05, 0) is 13.0 Å². The second kappa shape index (κ2) is 5.84. The SMILES string of the molecule is COC(=O)[C@](C)(O)CNc1ncc(C(F)(F)F)cc1Cl. The van der Waals surface area contributed by atoms with Crippen molar-refractivity contribution < 1.29 is 27.8 Å². The normalized spacial score (nSPS) is 14.6. The van der Waals surface area contributed by atoms with Crippen molar-refractivity contribution >= 4 is 23.4 Å². The molecule has 1 heterocycles. The summed E-state index contributed by atoms with van der Waals surface area (Å²) >= 11 is 5.65. The summed E-state index contributed by atoms with van der Waals surface area (Å²) in [5.41, 5.74) is -2.85. The number of aromatic nitrogens is 1. The maximum atomic E-state index is 12.4. The van der Waals surface area contributed by atoms with Crippen molar-refractivity contribution in [1.29, 1.82) is 0 Å². The van der Waals surface area contributed by atoms with Gasteiger partial charge in [0.2, 0.25) is 0 Å². The maximum absolute atomic E-state index is 12.4. The highest BCUT2D eigenvalue weighted by Gasteiger charge is 2.33. The van der Waals surface area contributed by atoms with E-state index in [1.54, 1.807) is 0 Å². The topological polar surface area (TPSA) is 71.5 Å². The molecular formula is C11H12ClF3N2O3. The standard InChI is InChI=1S/C11H12ClF3N2O3/c1-10(19,9(18)20-2)5-17-8-7(12)3-6(4-16-8)11(13,14)15/h3-4,19H,5H2,1-2H3,(H,16,17)/t10-/m1/s1. The molecule has 112 valence electrons. The molecule has 1 rings (SSSR count). The highest BCUT2D eigenvalue weighted by atomic mass is 35.5. The zero-order chi connectivity index (χ0) is 15.6. The minimum absolute atomic E-state index is 0.0798. The second-order valence-electron chi connectivity index (χ2n) is 4.17. The van der Waals surface area contributed by atoms with E-state index in [4.69, 9.17) is 11.6 Å². The Balaban J connectivity index is 2.83. The van der Waals surface area contributed by atoms with Gasteiger partial charge in [0.05, 0.1) is 24.2 Å². The summed E-state index contributed by atoms with van der Waals surface area (Å²) in [7, 11) is 1.10. The second-order valence-corrected chi connectivity index (χ2v) is 4.58. The van der Waals surface area contributed by atoms with Gasteiger partial charge in [-0.15, -0.1) is 0 Å². The first kappa shape index (κ1) is 16.5. The number of carbonyl (C=O) groups is 1. The first-order valence-corrected chi connectivity index (χ1v) is 5.73. The highest BCUT2D eigenvalue weighted by Crippen LogP contribution is 2.32. The number of nitrogens with one attached hydrogen (secondary N) is 1. The Morgan fingerprint density at radius 2 is 2.15 bits per heavy atom. The van der Waals surface area contributed by atoms with E-state index >= 15 is 0 Å². The molecule has 0 aliphatic heterocycles. The largest absolute Gasteiger partial charge is 0.467 e. The minimum Gasteiger partial charge on any atom is -0.467 e. The highest BCUT2D eigenvalue weighted by molar-refractivity contribution is 6.33. The molecule has 0 aromatic carbocycles. The molecule has 0 saturated carbocycles. The van der Waals surface area contributed by atoms with Gasteiger partial charge >= 0.3 is 12.1 Å². The van der Waals surface area contributed by atoms with Crippen LogP contribution in [0.2, 0.25) is 5.02 Å². The van der Waals surface area contributed by atoms with Gasteiger partial charge in [-0.25, -0.2) is 9.78 Å². The number of hydrogen-bond donors (Lipinski definition) is 2. The van der Waals surface area contributed by atoms with E-state index in [0.717, 1.165) is 7.11 Å². The predicted octanol–water partition coefficient (Wildman–Crippen LogP) is 2.09. The number of pyridine rings is 1. The number of carbonyl (C=O) groups excluding carboxylic acids is 1. The third kappa shape index (κ3) is 3.97. The van der Waals surface area contributed by atoms with E-state index in [1.165, 1.54) is 6.92 Å². The van der Waals surface area contributed by atoms with Gasteiger partial charge < -0.3 is 15.2 Å². The van der Waals surface area contributed by atoms with Crippen LogP contribution in [0.15, 0.2) is 12.3 Å². The molecule has 0 amide bonds. The lowest BCUT2D eigenvalue weighted by Gasteiger charge is -2.21. The Bertz CT molecular complexity index is 506. The number of methoxy groups -OCH3 is 1. The quantitative estimate of drug-likeness (QED) is 0.833. The number of hydrogen-bond acceptors (Lipinski definition) is 5. The molecule has 0 aliphatic rings. The molecule has 0 fully saturated rings. The average Bonchev–Trinajstić information content (AvgIpc) is 2.35. The van der Waals surface area contributed by atoms with Crippen LogP contribution in [0.3, 0.4) is 0 Å². The van der Waals surface area contributed by atoms with Crippen LogP contribution in [-0.4, -0.2) is 35.3 Å². The van der Waals surface area contributed by atoms with Crippen LogP contribution in [0.1, 0.15) is 12.5 Å². The van der Waals surface area contributed by atoms with Crippen LogP contribution in [0.5, 0.6) is 0 Å². The lowest BCUT2D eigenvalue weighted by atomic mass is 10.1. The van der Waals surface area contributed by atoms with Gasteiger partial charge in [0.1, 0.15) is 5.82 Å². The minimum atomic E-state index is -4.55. The Hall–Kier alpha value is -1.54. The summed E-state index contributed by atoms with van der Waals surface area (Å²) < 4.78 is 41.6. The van der Waals surface area contributed by atoms with Crippen molar-refractivity contribution in [2.75, 3.05) is 19.0 Å². The van der Waals surface area contributed by atoms with Crippen LogP contribution in [0, 0.1) is 0 Å². The van der Waals surface area contributed by atoms with Crippen molar-refractivity contribution in [3.8, 4) is 0 Å². The maximum Gasteiger partial charge on any atom is 0.417 e. The number of nitrogens with zero attached hydrogens (tertiary/aromatic N) is 1. The number of aliphatic hydroxyl groups is 1. The molecular weight excluding hydrogens is 301 g/mol. The van der Waals surface area contributed by atoms with Crippen LogP contribution in [-0.2, 0) is 15.7 Å². The number of anilines is 1. The monoisotopic (exact) mass is 312 g/mol. The molecule has 0 bridgehead atoms. The van der Waals surface area contributed by atoms with Crippen molar-refractivity contribution in [3.05, 3.63) is 22.8 Å². The first-order chi connectivity index (χ1) is 9.08. The molecule has 1 aromatic rings. The summed E-state index contributed by atoms with van der Waals surface area (Å²) in [6, 6.07) is 0.698. The lowest BCUT2D eigenvalue weighted by Crippen LogP contribution is -2.43. The van der Waals surface area contributed by atoms with Gasteiger partial charge in [-0.2, -0.15) is 13.2 Å². The molecule has 1 aromatic heterocycles. The molecule has 0 spiro atoms. The van der Waals surface area contributed by atoms with Gasteiger partial charge in [-0.3, -0.25) is 0 Å². The van der Waals surface area contributed by atoms with Crippen molar-refractivity contribution in [3.63, 3.8) is 0 Å². The molecule has 0 aliphatic carbocycles. The Morgan fingerprint density at radius 1 is 1.55 bits per heavy atom. The zero-order valence-corrected chi connectivity index (χ0v) is 11.3. The molecule has 1 atom stereocenters. The van der Waals surface area contributed by atoms with E-state index in [2.05, 4.69) is 15.0 Å². The number of ether oxygens (including phenoxy) is 1. The number of rotatable bonds is 4. The van der Waals surface area contributed by atoms with Crippen LogP contribution in [0.25, 0.3) is 0 Å². The van der Waals surface area contributed by atoms with Crippen LogP contribution >= 0.6 is 11.6 Å². The summed E-state index contributed by atoms with van der Waals surface area (Å²) in [6.07, 6.45) is -3.95. The van der Waals surface area contributed by atoms with Gasteiger partial charge in [-0.1, -0.05) is 11.6 Å². The number of esters is 1. The fraction of sp³-hybridized carbons (Fsp3) is 0.455. The van der Waals surface area contributed by atoms with Crippen LogP contribution in [0.4, 0.5) is 19.0 Å². The Morgan fingerprint density at radius 3 is 2.60 bits per heavy atom. The first-order valence-electron chi connectivity index (χ1n) is 5.35. The van der Waals surface area contributed by atoms with Crippen LogP contribution < -0.4 is 5.32 Å². The Labute approximate surface area is 117 Å². The summed E-state index contributed by atoms with van der Waals surface area (Å²) in [6.45, 7) is 0.863. The smallest absolute Gasteiger partial charge is 0.417 e. The van der Waals surface area contributed by atoms with E-state index in [-0.39, 0.29) is 17.4 Å². The molecule has 2 N–H and O–H groups in total. The molecule has 0 radical (unpaired) electrons. The van der Waals surface area contributed by atoms with Crippen molar-refractivity contribution in [1.82, 2.24) is 4.98 Å². The van der Waals surface area contributed by atoms with E-state index < -0.39 is 23.3 Å². The average molecular weight is 313 g/mol. The molecule has 0 saturated heterocycles. The fourth-order valence-electron chi connectivity index (χ4n) is 1.27. The number of alkyl halides is 3. The molecule has 9 heteroatoms. The predicted molar refractivity (Wildman–Crippen MR) is 65.4 cm³/mol. The summed E-state index contributed by atoms with van der Waals surface area (Å²) in [5, 5.41) is 11.9. The molecule has 5 nitrogen and oxygen atoms in total. The third-order valence-electron chi connectivity index (χ3n) is 2.39. The van der Waals surface area contributed by atoms with E-state index in [9.17, 15) is 23.1 Å². The van der Waals surface area contributed by atoms with Gasteiger partial charge in [0, 0.05) is 6.20 Å². The van der Waals surface area contributed by atoms with Gasteiger partial charge in [0.25, 0.3) is 0 Å². The van der Waals surface area contributed by atoms with Crippen molar-refractivity contribution in [2.45, 2.75) is 18.7 Å². The van der Waals surface area contributed by atoms with Crippen molar-refractivity contribution in [2.24, 2.45) is 0 Å². The molecule has 0 unspecified atom stereocenters. The van der Waals surface area contributed by atoms with Gasteiger partial charge in [0.15, 0.2) is 5.60 Å². The molecule has 20 heavy (non-hydrogen) atoms. The zero-order valence-electron chi connectivity index (χ0n) is 10.6. The Kier molecular flexibility index (Phi) is 4.82. The summed E-state index contributed by atoms with van der Waals surface area (Å²) in [5.74, 6) is -0.975. The third-order valence-corrected chi connectivity index (χ3v) is 2.68. The lowest BCUT2D eigenvalue weighted by molar-refractivity contribution is -0.158. The number of halogens is 4. The summed E-state index contributed by atoms with van der Waals surface area (Å²) in [4.78, 5) is 14.7.